The molecule has 0 unspecified atom stereocenters. The number of ether oxygens (including phenoxy) is 1. The van der Waals surface area contributed by atoms with Crippen LogP contribution >= 0.6 is 0 Å². The fraction of sp³-hybridized carbons (Fsp3) is 0.348. The van der Waals surface area contributed by atoms with Crippen LogP contribution in [0.4, 0.5) is 0 Å². The van der Waals surface area contributed by atoms with Crippen molar-refractivity contribution in [3.05, 3.63) is 46.6 Å². The zero-order chi connectivity index (χ0) is 22.9. The zero-order valence-corrected chi connectivity index (χ0v) is 17.9. The highest BCUT2D eigenvalue weighted by Crippen LogP contribution is 2.32. The lowest BCUT2D eigenvalue weighted by Gasteiger charge is -2.17. The highest BCUT2D eigenvalue weighted by atomic mass is 16.5. The average molecular weight is 450 g/mol. The van der Waals surface area contributed by atoms with Crippen molar-refractivity contribution >= 4 is 28.2 Å². The lowest BCUT2D eigenvalue weighted by Crippen LogP contribution is -2.46. The van der Waals surface area contributed by atoms with Gasteiger partial charge in [-0.1, -0.05) is 0 Å². The maximum Gasteiger partial charge on any atom is 0.419 e. The van der Waals surface area contributed by atoms with Crippen molar-refractivity contribution in [2.24, 2.45) is 7.05 Å². The Kier molecular flexibility index (Phi) is 5.50. The molecule has 1 aliphatic heterocycles. The number of benzene rings is 1. The molecule has 1 aliphatic rings. The van der Waals surface area contributed by atoms with Crippen LogP contribution in [0.2, 0.25) is 0 Å². The lowest BCUT2D eigenvalue weighted by molar-refractivity contribution is -0.132. The molecule has 33 heavy (non-hydrogen) atoms. The molecule has 1 aromatic carbocycles. The number of nitrogens with one attached hydrogen (secondary N) is 2. The summed E-state index contributed by atoms with van der Waals surface area (Å²) in [5.74, 6) is 0.349. The second-order valence-corrected chi connectivity index (χ2v) is 7.97. The van der Waals surface area contributed by atoms with E-state index < -0.39 is 17.9 Å². The minimum Gasteiger partial charge on any atom is -0.457 e. The van der Waals surface area contributed by atoms with Crippen molar-refractivity contribution in [2.75, 3.05) is 19.7 Å². The van der Waals surface area contributed by atoms with Gasteiger partial charge in [0, 0.05) is 44.3 Å². The second-order valence-electron chi connectivity index (χ2n) is 7.97. The lowest BCUT2D eigenvalue weighted by atomic mass is 10.1. The normalized spacial score (nSPS) is 17.6. The van der Waals surface area contributed by atoms with Crippen LogP contribution in [0.15, 0.2) is 48.4 Å². The minimum atomic E-state index is -0.760. The number of nitrogens with zero attached hydrogens (tertiary/aromatic N) is 2. The van der Waals surface area contributed by atoms with Crippen molar-refractivity contribution in [3.63, 3.8) is 0 Å². The van der Waals surface area contributed by atoms with Gasteiger partial charge in [-0.05, 0) is 31.2 Å². The quantitative estimate of drug-likeness (QED) is 0.472. The third kappa shape index (κ3) is 4.16. The van der Waals surface area contributed by atoms with Crippen LogP contribution in [0.25, 0.3) is 33.6 Å². The Morgan fingerprint density at radius 2 is 2.09 bits per heavy atom. The van der Waals surface area contributed by atoms with Crippen molar-refractivity contribution in [2.45, 2.75) is 25.0 Å². The summed E-state index contributed by atoms with van der Waals surface area (Å²) in [7, 11) is 1.64. The average Bonchev–Trinajstić information content (AvgIpc) is 3.35. The predicted octanol–water partition coefficient (Wildman–Crippen LogP) is 2.07. The molecule has 4 aromatic rings. The van der Waals surface area contributed by atoms with Crippen molar-refractivity contribution in [1.29, 1.82) is 5.26 Å². The van der Waals surface area contributed by atoms with E-state index in [4.69, 9.17) is 18.0 Å². The van der Waals surface area contributed by atoms with Crippen LogP contribution in [0.5, 0.6) is 0 Å². The fourth-order valence-electron chi connectivity index (χ4n) is 3.89. The molecule has 0 radical (unpaired) electrons. The number of oxazole rings is 1. The number of aryl methyl sites for hydroxylation is 1. The molecule has 1 saturated heterocycles. The number of furan rings is 2. The molecule has 0 aliphatic carbocycles. The van der Waals surface area contributed by atoms with Crippen LogP contribution in [-0.4, -0.2) is 42.3 Å². The number of nitriles is 1. The summed E-state index contributed by atoms with van der Waals surface area (Å²) in [6.07, 6.45) is 0.420. The SMILES string of the molecule is Cn1c(=O)oc2ccc(-c3cc4oc(C[C@@H](C#N)NC(=O)[C@@H]5CNCCCO5)cc4o3)cc21. The van der Waals surface area contributed by atoms with E-state index >= 15 is 0 Å². The molecule has 4 heterocycles. The Balaban J connectivity index is 1.30. The Morgan fingerprint density at radius 1 is 1.24 bits per heavy atom. The van der Waals surface area contributed by atoms with E-state index in [0.29, 0.717) is 46.9 Å². The molecular weight excluding hydrogens is 428 g/mol. The molecule has 170 valence electrons. The summed E-state index contributed by atoms with van der Waals surface area (Å²) in [6, 6.07) is 10.1. The Morgan fingerprint density at radius 3 is 2.91 bits per heavy atom. The molecule has 0 spiro atoms. The first-order valence-electron chi connectivity index (χ1n) is 10.7. The number of fused-ring (bicyclic) bond motifs is 2. The number of carbonyl (C=O) groups excluding carboxylic acids is 1. The summed E-state index contributed by atoms with van der Waals surface area (Å²) in [6.45, 7) is 1.72. The number of amides is 1. The molecule has 1 amide bonds. The predicted molar refractivity (Wildman–Crippen MR) is 117 cm³/mol. The highest BCUT2D eigenvalue weighted by molar-refractivity contribution is 5.84. The van der Waals surface area contributed by atoms with E-state index in [2.05, 4.69) is 16.7 Å². The second kappa shape index (κ2) is 8.61. The molecule has 0 bridgehead atoms. The number of carbonyl (C=O) groups is 1. The molecule has 10 nitrogen and oxygen atoms in total. The maximum absolute atomic E-state index is 12.4. The van der Waals surface area contributed by atoms with E-state index in [0.717, 1.165) is 18.5 Å². The number of hydrogen-bond donors (Lipinski definition) is 2. The Hall–Kier alpha value is -3.81. The van der Waals surface area contributed by atoms with Crippen molar-refractivity contribution in [3.8, 4) is 17.4 Å². The van der Waals surface area contributed by atoms with Crippen molar-refractivity contribution < 1.29 is 22.8 Å². The van der Waals surface area contributed by atoms with Crippen LogP contribution in [0, 0.1) is 11.3 Å². The van der Waals surface area contributed by atoms with Gasteiger partial charge in [0.2, 0.25) is 0 Å². The van der Waals surface area contributed by atoms with Gasteiger partial charge in [0.15, 0.2) is 16.7 Å². The molecular formula is C23H22N4O6. The van der Waals surface area contributed by atoms with Gasteiger partial charge in [-0.3, -0.25) is 9.36 Å². The summed E-state index contributed by atoms with van der Waals surface area (Å²) in [5.41, 5.74) is 2.98. The number of aromatic nitrogens is 1. The third-order valence-electron chi connectivity index (χ3n) is 5.65. The Bertz CT molecular complexity index is 1380. The summed E-state index contributed by atoms with van der Waals surface area (Å²) >= 11 is 0. The summed E-state index contributed by atoms with van der Waals surface area (Å²) in [4.78, 5) is 24.2. The van der Waals surface area contributed by atoms with Gasteiger partial charge in [0.1, 0.15) is 23.7 Å². The molecule has 10 heteroatoms. The van der Waals surface area contributed by atoms with Crippen LogP contribution in [0.1, 0.15) is 12.2 Å². The van der Waals surface area contributed by atoms with E-state index in [1.54, 1.807) is 31.3 Å². The number of hydrogen-bond acceptors (Lipinski definition) is 8. The number of rotatable bonds is 5. The van der Waals surface area contributed by atoms with Gasteiger partial charge in [0.05, 0.1) is 11.6 Å². The molecule has 0 saturated carbocycles. The highest BCUT2D eigenvalue weighted by Gasteiger charge is 2.24. The maximum atomic E-state index is 12.4. The van der Waals surface area contributed by atoms with Gasteiger partial charge in [-0.2, -0.15) is 5.26 Å². The van der Waals surface area contributed by atoms with E-state index in [1.165, 1.54) is 4.57 Å². The van der Waals surface area contributed by atoms with E-state index in [9.17, 15) is 14.9 Å². The third-order valence-corrected chi connectivity index (χ3v) is 5.65. The topological polar surface area (TPSA) is 136 Å². The molecule has 5 rings (SSSR count). The summed E-state index contributed by atoms with van der Waals surface area (Å²) in [5, 5.41) is 15.4. The molecule has 2 N–H and O–H groups in total. The van der Waals surface area contributed by atoms with Gasteiger partial charge in [-0.25, -0.2) is 4.79 Å². The molecule has 1 fully saturated rings. The van der Waals surface area contributed by atoms with E-state index in [-0.39, 0.29) is 12.3 Å². The fourth-order valence-corrected chi connectivity index (χ4v) is 3.89. The minimum absolute atomic E-state index is 0.199. The van der Waals surface area contributed by atoms with Crippen LogP contribution in [-0.2, 0) is 23.0 Å². The molecule has 2 atom stereocenters. The van der Waals surface area contributed by atoms with Gasteiger partial charge >= 0.3 is 5.76 Å². The largest absolute Gasteiger partial charge is 0.457 e. The van der Waals surface area contributed by atoms with Crippen molar-refractivity contribution in [1.82, 2.24) is 15.2 Å². The first kappa shape index (κ1) is 21.1. The van der Waals surface area contributed by atoms with E-state index in [1.807, 2.05) is 6.07 Å². The Labute approximate surface area is 187 Å². The van der Waals surface area contributed by atoms with Crippen LogP contribution in [0.3, 0.4) is 0 Å². The summed E-state index contributed by atoms with van der Waals surface area (Å²) < 4.78 is 23.9. The van der Waals surface area contributed by atoms with Gasteiger partial charge in [0.25, 0.3) is 5.91 Å². The van der Waals surface area contributed by atoms with Gasteiger partial charge < -0.3 is 28.6 Å². The molecule has 3 aromatic heterocycles. The zero-order valence-electron chi connectivity index (χ0n) is 17.9. The first-order chi connectivity index (χ1) is 16.0. The van der Waals surface area contributed by atoms with Gasteiger partial charge in [-0.15, -0.1) is 0 Å². The monoisotopic (exact) mass is 450 g/mol. The van der Waals surface area contributed by atoms with Crippen LogP contribution < -0.4 is 16.4 Å². The standard InChI is InChI=1S/C23H22N4O6/c1-27-16-7-13(3-4-17(16)33-23(27)29)18-10-20-19(32-18)9-15(31-20)8-14(11-24)26-22(28)21-12-25-5-2-6-30-21/h3-4,7,9-10,14,21,25H,2,5-6,8,12H2,1H3,(H,26,28)/t14-,21-/m0/s1. The first-order valence-corrected chi connectivity index (χ1v) is 10.7. The smallest absolute Gasteiger partial charge is 0.419 e.